The maximum absolute atomic E-state index is 14.8. The molecule has 0 bridgehead atoms. The Bertz CT molecular complexity index is 1190. The average Bonchev–Trinajstić information content (AvgIpc) is 3.09. The first-order chi connectivity index (χ1) is 18.0. The molecule has 4 N–H and O–H groups in total. The smallest absolute Gasteiger partial charge is 0.459 e. The number of carbonyl (C=O) groups is 1. The van der Waals surface area contributed by atoms with Crippen LogP contribution in [-0.2, 0) is 23.4 Å². The highest BCUT2D eigenvalue weighted by Gasteiger charge is 2.60. The number of benzene rings is 1. The third kappa shape index (κ3) is 7.35. The molecular weight excluding hydrogens is 529 g/mol. The van der Waals surface area contributed by atoms with E-state index in [4.69, 9.17) is 24.3 Å². The van der Waals surface area contributed by atoms with Gasteiger partial charge in [0.1, 0.15) is 23.7 Å². The number of nitrogen functional groups attached to an aromatic ring is 1. The van der Waals surface area contributed by atoms with Crippen LogP contribution >= 0.6 is 7.75 Å². The van der Waals surface area contributed by atoms with Crippen molar-refractivity contribution in [1.29, 1.82) is 0 Å². The van der Waals surface area contributed by atoms with Crippen LogP contribution in [0.25, 0.3) is 0 Å². The van der Waals surface area contributed by atoms with Crippen molar-refractivity contribution in [2.45, 2.75) is 63.5 Å². The molecule has 1 aliphatic rings. The molecule has 1 aliphatic heterocycles. The number of aliphatic hydroxyl groups excluding tert-OH is 1. The van der Waals surface area contributed by atoms with Gasteiger partial charge >= 0.3 is 25.3 Å². The van der Waals surface area contributed by atoms with Crippen molar-refractivity contribution in [1.82, 2.24) is 14.6 Å². The van der Waals surface area contributed by atoms with Crippen molar-refractivity contribution in [2.75, 3.05) is 18.9 Å². The van der Waals surface area contributed by atoms with Crippen LogP contribution in [-0.4, -0.2) is 58.0 Å². The van der Waals surface area contributed by atoms with Crippen LogP contribution in [0.4, 0.5) is 14.6 Å². The van der Waals surface area contributed by atoms with Gasteiger partial charge in [0.05, 0.1) is 13.2 Å². The van der Waals surface area contributed by atoms with E-state index in [0.29, 0.717) is 11.0 Å². The number of anilines is 1. The summed E-state index contributed by atoms with van der Waals surface area (Å²) in [7, 11) is -4.41. The van der Waals surface area contributed by atoms with Crippen LogP contribution in [0.5, 0.6) is 5.75 Å². The number of ether oxygens (including phenoxy) is 2. The standard InChI is InChI=1S/C23H31F2N4O8P/c1-3-4-8-13-34-20(31)15(2)28-38(33,37-16-9-6-5-7-10-16)35-14-17-19(30)23(24,25)21(36-17)29-12-11-18(26)27-22(29)32/h5-7,9-12,15,17,19,21,30H,3-4,8,13-14H2,1-2H3,(H,28,33)(H2,26,27,32)/t15-,17+,19+,21+,38?/m0/s1. The molecule has 1 aromatic carbocycles. The summed E-state index contributed by atoms with van der Waals surface area (Å²) >= 11 is 0. The molecule has 2 aromatic rings. The van der Waals surface area contributed by atoms with Crippen LogP contribution in [0.1, 0.15) is 39.3 Å². The fourth-order valence-electron chi connectivity index (χ4n) is 3.53. The van der Waals surface area contributed by atoms with Gasteiger partial charge in [0.25, 0.3) is 0 Å². The number of alkyl halides is 2. The van der Waals surface area contributed by atoms with Crippen LogP contribution in [0.15, 0.2) is 47.4 Å². The summed E-state index contributed by atoms with van der Waals surface area (Å²) in [6, 6.07) is 7.77. The monoisotopic (exact) mass is 560 g/mol. The van der Waals surface area contributed by atoms with E-state index in [1.54, 1.807) is 18.2 Å². The maximum atomic E-state index is 14.8. The number of rotatable bonds is 13. The van der Waals surface area contributed by atoms with Crippen LogP contribution in [0.3, 0.4) is 0 Å². The minimum Gasteiger partial charge on any atom is -0.465 e. The van der Waals surface area contributed by atoms with Gasteiger partial charge in [-0.2, -0.15) is 18.9 Å². The van der Waals surface area contributed by atoms with E-state index in [1.807, 2.05) is 6.92 Å². The Morgan fingerprint density at radius 2 is 2.03 bits per heavy atom. The maximum Gasteiger partial charge on any atom is 0.459 e. The summed E-state index contributed by atoms with van der Waals surface area (Å²) in [5.41, 5.74) is 4.29. The van der Waals surface area contributed by atoms with E-state index in [-0.39, 0.29) is 18.2 Å². The van der Waals surface area contributed by atoms with Gasteiger partial charge in [-0.3, -0.25) is 13.9 Å². The van der Waals surface area contributed by atoms with Gasteiger partial charge in [0.2, 0.25) is 6.23 Å². The zero-order valence-electron chi connectivity index (χ0n) is 20.9. The number of nitrogens with zero attached hydrogens (tertiary/aromatic N) is 2. The molecule has 1 aromatic heterocycles. The lowest BCUT2D eigenvalue weighted by Gasteiger charge is -2.24. The van der Waals surface area contributed by atoms with Gasteiger partial charge in [-0.05, 0) is 31.5 Å². The third-order valence-corrected chi connectivity index (χ3v) is 7.20. The second kappa shape index (κ2) is 12.8. The molecule has 2 heterocycles. The molecule has 1 unspecified atom stereocenters. The second-order valence-corrected chi connectivity index (χ2v) is 10.3. The number of aliphatic hydroxyl groups is 1. The molecular formula is C23H31F2N4O8P. The summed E-state index contributed by atoms with van der Waals surface area (Å²) < 4.78 is 65.0. The Morgan fingerprint density at radius 3 is 2.68 bits per heavy atom. The first-order valence-corrected chi connectivity index (χ1v) is 13.5. The Balaban J connectivity index is 1.74. The number of hydrogen-bond donors (Lipinski definition) is 3. The first-order valence-electron chi connectivity index (χ1n) is 12.0. The number of hydrogen-bond acceptors (Lipinski definition) is 10. The normalized spacial score (nSPS) is 22.9. The van der Waals surface area contributed by atoms with Gasteiger partial charge in [-0.15, -0.1) is 0 Å². The van der Waals surface area contributed by atoms with Crippen molar-refractivity contribution in [3.05, 3.63) is 53.1 Å². The Morgan fingerprint density at radius 1 is 1.32 bits per heavy atom. The molecule has 0 saturated carbocycles. The highest BCUT2D eigenvalue weighted by Crippen LogP contribution is 2.48. The van der Waals surface area contributed by atoms with E-state index in [2.05, 4.69) is 10.1 Å². The average molecular weight is 560 g/mol. The van der Waals surface area contributed by atoms with Gasteiger partial charge in [0.15, 0.2) is 6.10 Å². The lowest BCUT2D eigenvalue weighted by Crippen LogP contribution is -2.42. The highest BCUT2D eigenvalue weighted by atomic mass is 31.2. The van der Waals surface area contributed by atoms with Gasteiger partial charge < -0.3 is 24.8 Å². The molecule has 0 radical (unpaired) electrons. The fourth-order valence-corrected chi connectivity index (χ4v) is 5.03. The number of carbonyl (C=O) groups excluding carboxylic acids is 1. The molecule has 15 heteroatoms. The van der Waals surface area contributed by atoms with E-state index >= 15 is 0 Å². The lowest BCUT2D eigenvalue weighted by atomic mass is 10.1. The van der Waals surface area contributed by atoms with E-state index < -0.39 is 56.4 Å². The van der Waals surface area contributed by atoms with E-state index in [1.165, 1.54) is 19.1 Å². The molecule has 12 nitrogen and oxygen atoms in total. The molecule has 0 spiro atoms. The van der Waals surface area contributed by atoms with Gasteiger partial charge in [-0.1, -0.05) is 38.0 Å². The second-order valence-electron chi connectivity index (χ2n) is 8.61. The van der Waals surface area contributed by atoms with Gasteiger partial charge in [0, 0.05) is 6.20 Å². The number of unbranched alkanes of at least 4 members (excludes halogenated alkanes) is 2. The van der Waals surface area contributed by atoms with Crippen molar-refractivity contribution < 1.29 is 41.8 Å². The number of nitrogens with two attached hydrogens (primary N) is 1. The van der Waals surface area contributed by atoms with Crippen molar-refractivity contribution >= 4 is 19.5 Å². The predicted octanol–water partition coefficient (Wildman–Crippen LogP) is 2.63. The number of para-hydroxylation sites is 1. The molecule has 1 fully saturated rings. The number of aromatic nitrogens is 2. The first kappa shape index (κ1) is 29.7. The fraction of sp³-hybridized carbons (Fsp3) is 0.522. The third-order valence-electron chi connectivity index (χ3n) is 5.56. The summed E-state index contributed by atoms with van der Waals surface area (Å²) in [6.07, 6.45) is -3.00. The molecule has 3 rings (SSSR count). The largest absolute Gasteiger partial charge is 0.465 e. The van der Waals surface area contributed by atoms with E-state index in [0.717, 1.165) is 25.1 Å². The minimum absolute atomic E-state index is 0.0995. The summed E-state index contributed by atoms with van der Waals surface area (Å²) in [5.74, 6) is -4.75. The highest BCUT2D eigenvalue weighted by molar-refractivity contribution is 7.52. The lowest BCUT2D eigenvalue weighted by molar-refractivity contribution is -0.145. The van der Waals surface area contributed by atoms with Crippen LogP contribution < -0.4 is 21.0 Å². The molecule has 210 valence electrons. The van der Waals surface area contributed by atoms with Crippen molar-refractivity contribution in [3.8, 4) is 5.75 Å². The zero-order chi connectivity index (χ0) is 27.9. The number of esters is 1. The number of halogens is 2. The molecule has 1 saturated heterocycles. The van der Waals surface area contributed by atoms with Gasteiger partial charge in [-0.25, -0.2) is 9.36 Å². The Hall–Kier alpha value is -2.90. The molecule has 5 atom stereocenters. The Labute approximate surface area is 217 Å². The predicted molar refractivity (Wildman–Crippen MR) is 131 cm³/mol. The SMILES string of the molecule is CCCCCOC(=O)[C@H](C)NP(=O)(OC[C@H]1O[C@@H](n2ccc(N)nc2=O)C(F)(F)[C@@H]1O)Oc1ccccc1. The van der Waals surface area contributed by atoms with Crippen molar-refractivity contribution in [3.63, 3.8) is 0 Å². The van der Waals surface area contributed by atoms with Crippen LogP contribution in [0.2, 0.25) is 0 Å². The summed E-state index contributed by atoms with van der Waals surface area (Å²) in [6.45, 7) is 2.69. The molecule has 0 aliphatic carbocycles. The van der Waals surface area contributed by atoms with Crippen molar-refractivity contribution in [2.24, 2.45) is 0 Å². The minimum atomic E-state index is -4.41. The summed E-state index contributed by atoms with van der Waals surface area (Å²) in [5, 5.41) is 12.7. The molecule has 0 amide bonds. The van der Waals surface area contributed by atoms with E-state index in [9.17, 15) is 28.0 Å². The Kier molecular flexibility index (Phi) is 9.96. The quantitative estimate of drug-likeness (QED) is 0.187. The molecule has 38 heavy (non-hydrogen) atoms. The zero-order valence-corrected chi connectivity index (χ0v) is 21.8. The van der Waals surface area contributed by atoms with Crippen LogP contribution in [0, 0.1) is 0 Å². The summed E-state index contributed by atoms with van der Waals surface area (Å²) in [4.78, 5) is 27.8. The topological polar surface area (TPSA) is 164 Å². The number of nitrogens with one attached hydrogen (secondary N) is 1.